The van der Waals surface area contributed by atoms with Crippen LogP contribution in [0.1, 0.15) is 42.8 Å². The Morgan fingerprint density at radius 1 is 1.16 bits per heavy atom. The van der Waals surface area contributed by atoms with Gasteiger partial charge in [-0.25, -0.2) is 9.37 Å². The quantitative estimate of drug-likeness (QED) is 0.601. The van der Waals surface area contributed by atoms with Crippen molar-refractivity contribution in [2.75, 3.05) is 17.3 Å². The van der Waals surface area contributed by atoms with Crippen LogP contribution in [-0.2, 0) is 0 Å². The molecule has 2 aromatic carbocycles. The maximum absolute atomic E-state index is 14.4. The largest absolute Gasteiger partial charge is 0.366 e. The zero-order valence-corrected chi connectivity index (χ0v) is 16.4. The number of rotatable bonds is 4. The molecule has 3 aromatic rings. The third kappa shape index (κ3) is 3.68. The number of anilines is 2. The van der Waals surface area contributed by atoms with Crippen LogP contribution in [0.5, 0.6) is 0 Å². The summed E-state index contributed by atoms with van der Waals surface area (Å²) in [5.41, 5.74) is 6.29. The molecule has 9 heteroatoms. The lowest BCUT2D eigenvalue weighted by atomic mass is 10.0. The van der Waals surface area contributed by atoms with E-state index in [1.54, 1.807) is 54.5 Å². The zero-order chi connectivity index (χ0) is 22.1. The van der Waals surface area contributed by atoms with Gasteiger partial charge in [-0.3, -0.25) is 14.4 Å². The fourth-order valence-electron chi connectivity index (χ4n) is 3.45. The minimum atomic E-state index is -0.868. The summed E-state index contributed by atoms with van der Waals surface area (Å²) in [6.45, 7) is 0. The van der Waals surface area contributed by atoms with E-state index in [4.69, 9.17) is 5.73 Å². The van der Waals surface area contributed by atoms with Crippen molar-refractivity contribution in [1.82, 2.24) is 10.3 Å². The summed E-state index contributed by atoms with van der Waals surface area (Å²) in [7, 11) is 1.77. The van der Waals surface area contributed by atoms with Crippen molar-refractivity contribution in [2.24, 2.45) is 5.73 Å². The first-order valence-electron chi connectivity index (χ1n) is 9.35. The maximum atomic E-state index is 14.4. The minimum absolute atomic E-state index is 0.0350. The average Bonchev–Trinajstić information content (AvgIpc) is 2.76. The number of hydrogen-bond donors (Lipinski definition) is 3. The SMILES string of the molecule is CN1c2ncccc2C(=O)N[C@H]1c1ccccc1NC(=O)c1ccc(C(N)=O)cc1F. The van der Waals surface area contributed by atoms with Gasteiger partial charge in [-0.1, -0.05) is 18.2 Å². The Morgan fingerprint density at radius 2 is 1.94 bits per heavy atom. The van der Waals surface area contributed by atoms with Gasteiger partial charge in [0.15, 0.2) is 0 Å². The van der Waals surface area contributed by atoms with Crippen LogP contribution < -0.4 is 21.3 Å². The van der Waals surface area contributed by atoms with E-state index in [0.29, 0.717) is 22.6 Å². The summed E-state index contributed by atoms with van der Waals surface area (Å²) in [5.74, 6) is -2.15. The number of carbonyl (C=O) groups excluding carboxylic acids is 3. The standard InChI is InChI=1S/C22H18FN5O3/c1-28-19-15(6-4-10-25-19)22(31)27-20(28)14-5-2-3-7-17(14)26-21(30)13-9-8-12(18(24)29)11-16(13)23/h2-11,20H,1H3,(H2,24,29)(H,26,30)(H,27,31)/t20-/m1/s1. The van der Waals surface area contributed by atoms with Crippen molar-refractivity contribution < 1.29 is 18.8 Å². The Bertz CT molecular complexity index is 1210. The van der Waals surface area contributed by atoms with Gasteiger partial charge >= 0.3 is 0 Å². The van der Waals surface area contributed by atoms with Gasteiger partial charge < -0.3 is 21.3 Å². The molecule has 156 valence electrons. The van der Waals surface area contributed by atoms with Gasteiger partial charge in [0.05, 0.1) is 11.1 Å². The Hall–Kier alpha value is -4.27. The van der Waals surface area contributed by atoms with Crippen LogP contribution in [-0.4, -0.2) is 29.8 Å². The van der Waals surface area contributed by atoms with E-state index in [2.05, 4.69) is 15.6 Å². The van der Waals surface area contributed by atoms with E-state index in [1.165, 1.54) is 12.1 Å². The highest BCUT2D eigenvalue weighted by molar-refractivity contribution is 6.06. The van der Waals surface area contributed by atoms with Crippen LogP contribution >= 0.6 is 0 Å². The molecule has 1 aliphatic heterocycles. The van der Waals surface area contributed by atoms with Crippen LogP contribution in [0.25, 0.3) is 0 Å². The molecule has 4 N–H and O–H groups in total. The fraction of sp³-hybridized carbons (Fsp3) is 0.0909. The molecular weight excluding hydrogens is 401 g/mol. The number of fused-ring (bicyclic) bond motifs is 1. The predicted octanol–water partition coefficient (Wildman–Crippen LogP) is 2.45. The molecule has 0 radical (unpaired) electrons. The minimum Gasteiger partial charge on any atom is -0.366 e. The van der Waals surface area contributed by atoms with E-state index in [0.717, 1.165) is 6.07 Å². The number of nitrogens with two attached hydrogens (primary N) is 1. The van der Waals surface area contributed by atoms with Crippen molar-refractivity contribution in [2.45, 2.75) is 6.17 Å². The number of hydrogen-bond acceptors (Lipinski definition) is 5. The van der Waals surface area contributed by atoms with Crippen molar-refractivity contribution in [3.8, 4) is 0 Å². The van der Waals surface area contributed by atoms with Crippen LogP contribution in [0.4, 0.5) is 15.9 Å². The van der Waals surface area contributed by atoms with Crippen LogP contribution in [0.3, 0.4) is 0 Å². The number of halogens is 1. The van der Waals surface area contributed by atoms with E-state index in [-0.39, 0.29) is 17.0 Å². The highest BCUT2D eigenvalue weighted by Gasteiger charge is 2.32. The van der Waals surface area contributed by atoms with Crippen LogP contribution in [0, 0.1) is 5.82 Å². The highest BCUT2D eigenvalue weighted by atomic mass is 19.1. The number of carbonyl (C=O) groups is 3. The number of amides is 3. The van der Waals surface area contributed by atoms with Gasteiger partial charge in [-0.2, -0.15) is 0 Å². The molecule has 0 unspecified atom stereocenters. The van der Waals surface area contributed by atoms with E-state index < -0.39 is 23.8 Å². The number of nitrogens with zero attached hydrogens (tertiary/aromatic N) is 2. The molecule has 0 aliphatic carbocycles. The summed E-state index contributed by atoms with van der Waals surface area (Å²) < 4.78 is 14.4. The lowest BCUT2D eigenvalue weighted by molar-refractivity contribution is 0.0926. The topological polar surface area (TPSA) is 117 Å². The summed E-state index contributed by atoms with van der Waals surface area (Å²) in [4.78, 5) is 42.5. The first kappa shape index (κ1) is 20.0. The second-order valence-electron chi connectivity index (χ2n) is 6.96. The maximum Gasteiger partial charge on any atom is 0.258 e. The smallest absolute Gasteiger partial charge is 0.258 e. The zero-order valence-electron chi connectivity index (χ0n) is 16.4. The Labute approximate surface area is 176 Å². The molecule has 1 atom stereocenters. The van der Waals surface area contributed by atoms with Crippen LogP contribution in [0.2, 0.25) is 0 Å². The van der Waals surface area contributed by atoms with Crippen LogP contribution in [0.15, 0.2) is 60.8 Å². The van der Waals surface area contributed by atoms with Gasteiger partial charge in [-0.15, -0.1) is 0 Å². The molecular formula is C22H18FN5O3. The summed E-state index contributed by atoms with van der Waals surface area (Å²) in [6.07, 6.45) is 0.991. The van der Waals surface area contributed by atoms with Gasteiger partial charge in [0.1, 0.15) is 17.8 Å². The molecule has 1 aromatic heterocycles. The molecule has 0 bridgehead atoms. The molecule has 31 heavy (non-hydrogen) atoms. The molecule has 4 rings (SSSR count). The summed E-state index contributed by atoms with van der Waals surface area (Å²) in [6, 6.07) is 13.6. The first-order valence-corrected chi connectivity index (χ1v) is 9.35. The number of para-hydroxylation sites is 1. The molecule has 0 fully saturated rings. The van der Waals surface area contributed by atoms with Gasteiger partial charge in [0.2, 0.25) is 5.91 Å². The Balaban J connectivity index is 1.65. The molecule has 0 saturated heterocycles. The predicted molar refractivity (Wildman–Crippen MR) is 112 cm³/mol. The third-order valence-electron chi connectivity index (χ3n) is 5.02. The van der Waals surface area contributed by atoms with Gasteiger partial charge in [-0.05, 0) is 36.4 Å². The molecule has 2 heterocycles. The number of nitrogens with one attached hydrogen (secondary N) is 2. The highest BCUT2D eigenvalue weighted by Crippen LogP contribution is 2.33. The number of primary amides is 1. The second kappa shape index (κ2) is 7.86. The van der Waals surface area contributed by atoms with E-state index >= 15 is 0 Å². The lowest BCUT2D eigenvalue weighted by Crippen LogP contribution is -2.45. The first-order chi connectivity index (χ1) is 14.9. The number of aromatic nitrogens is 1. The molecule has 0 spiro atoms. The van der Waals surface area contributed by atoms with Crippen molar-refractivity contribution in [1.29, 1.82) is 0 Å². The monoisotopic (exact) mass is 419 g/mol. The number of pyridine rings is 1. The molecule has 3 amide bonds. The van der Waals surface area contributed by atoms with Gasteiger partial charge in [0.25, 0.3) is 11.8 Å². The van der Waals surface area contributed by atoms with Crippen molar-refractivity contribution in [3.63, 3.8) is 0 Å². The molecule has 1 aliphatic rings. The summed E-state index contributed by atoms with van der Waals surface area (Å²) in [5, 5.41) is 5.57. The van der Waals surface area contributed by atoms with E-state index in [9.17, 15) is 18.8 Å². The second-order valence-corrected chi connectivity index (χ2v) is 6.96. The summed E-state index contributed by atoms with van der Waals surface area (Å²) >= 11 is 0. The van der Waals surface area contributed by atoms with Crippen molar-refractivity contribution in [3.05, 3.63) is 88.9 Å². The Morgan fingerprint density at radius 3 is 2.68 bits per heavy atom. The fourth-order valence-corrected chi connectivity index (χ4v) is 3.45. The Kier molecular flexibility index (Phi) is 5.08. The van der Waals surface area contributed by atoms with Gasteiger partial charge in [0, 0.05) is 30.1 Å². The normalized spacial score (nSPS) is 15.1. The lowest BCUT2D eigenvalue weighted by Gasteiger charge is -2.36. The number of benzene rings is 2. The third-order valence-corrected chi connectivity index (χ3v) is 5.02. The molecule has 8 nitrogen and oxygen atoms in total. The average molecular weight is 419 g/mol. The van der Waals surface area contributed by atoms with Crippen molar-refractivity contribution >= 4 is 29.2 Å². The van der Waals surface area contributed by atoms with E-state index in [1.807, 2.05) is 0 Å². The molecule has 0 saturated carbocycles.